The Morgan fingerprint density at radius 3 is 2.29 bits per heavy atom. The van der Waals surface area contributed by atoms with E-state index in [1.54, 1.807) is 0 Å². The molecule has 0 amide bonds. The Hall–Kier alpha value is -0.860. The Bertz CT molecular complexity index is 258. The minimum Gasteiger partial charge on any atom is -0.388 e. The number of hydrogen-bond acceptors (Lipinski definition) is 2. The van der Waals surface area contributed by atoms with Gasteiger partial charge in [0.15, 0.2) is 0 Å². The van der Waals surface area contributed by atoms with Crippen LogP contribution in [0, 0.1) is 0 Å². The zero-order chi connectivity index (χ0) is 10.6. The molecule has 1 aromatic carbocycles. The molecule has 0 aromatic heterocycles. The number of nitrogens with zero attached hydrogens (tertiary/aromatic N) is 1. The van der Waals surface area contributed by atoms with Crippen molar-refractivity contribution in [3.63, 3.8) is 0 Å². The van der Waals surface area contributed by atoms with Crippen LogP contribution in [0.2, 0.25) is 0 Å². The molecule has 0 aliphatic carbocycles. The summed E-state index contributed by atoms with van der Waals surface area (Å²) in [4.78, 5) is 2.12. The van der Waals surface area contributed by atoms with E-state index >= 15 is 0 Å². The fourth-order valence-electron chi connectivity index (χ4n) is 1.35. The highest BCUT2D eigenvalue weighted by Crippen LogP contribution is 2.18. The van der Waals surface area contributed by atoms with E-state index in [1.165, 1.54) is 0 Å². The maximum atomic E-state index is 9.91. The van der Waals surface area contributed by atoms with Crippen LogP contribution < -0.4 is 0 Å². The number of aliphatic hydroxyl groups is 1. The molecule has 0 heterocycles. The van der Waals surface area contributed by atoms with Gasteiger partial charge in [-0.3, -0.25) is 0 Å². The topological polar surface area (TPSA) is 23.5 Å². The average molecular weight is 193 g/mol. The second-order valence-corrected chi connectivity index (χ2v) is 3.97. The predicted molar refractivity (Wildman–Crippen MR) is 59.2 cm³/mol. The third-order valence-electron chi connectivity index (χ3n) is 2.63. The molecule has 0 aliphatic heterocycles. The second-order valence-electron chi connectivity index (χ2n) is 3.97. The van der Waals surface area contributed by atoms with Crippen LogP contribution in [0.5, 0.6) is 0 Å². The molecule has 0 saturated heterocycles. The van der Waals surface area contributed by atoms with E-state index in [0.717, 1.165) is 12.0 Å². The zero-order valence-electron chi connectivity index (χ0n) is 9.14. The van der Waals surface area contributed by atoms with Crippen molar-refractivity contribution in [3.05, 3.63) is 35.9 Å². The summed E-state index contributed by atoms with van der Waals surface area (Å²) in [6.45, 7) is 2.12. The molecule has 0 spiro atoms. The van der Waals surface area contributed by atoms with Crippen LogP contribution >= 0.6 is 0 Å². The van der Waals surface area contributed by atoms with Crippen molar-refractivity contribution in [1.82, 2.24) is 4.90 Å². The van der Waals surface area contributed by atoms with E-state index < -0.39 is 0 Å². The Labute approximate surface area is 86.2 Å². The molecule has 1 aromatic rings. The molecule has 0 radical (unpaired) electrons. The fourth-order valence-corrected chi connectivity index (χ4v) is 1.35. The fraction of sp³-hybridized carbons (Fsp3) is 0.500. The first-order valence-electron chi connectivity index (χ1n) is 5.00. The molecular weight excluding hydrogens is 174 g/mol. The lowest BCUT2D eigenvalue weighted by molar-refractivity contribution is 0.130. The van der Waals surface area contributed by atoms with Gasteiger partial charge >= 0.3 is 0 Å². The van der Waals surface area contributed by atoms with Crippen LogP contribution in [0.25, 0.3) is 0 Å². The maximum absolute atomic E-state index is 9.91. The van der Waals surface area contributed by atoms with Gasteiger partial charge in [-0.25, -0.2) is 0 Å². The smallest absolute Gasteiger partial charge is 0.0804 e. The van der Waals surface area contributed by atoms with Crippen molar-refractivity contribution in [1.29, 1.82) is 0 Å². The van der Waals surface area contributed by atoms with Gasteiger partial charge in [0, 0.05) is 6.04 Å². The van der Waals surface area contributed by atoms with Crippen molar-refractivity contribution < 1.29 is 5.11 Å². The standard InChI is InChI=1S/C12H19NO/c1-10(13(2)3)9-12(14)11-7-5-4-6-8-11/h4-8,10,12,14H,9H2,1-3H3. The molecule has 1 N–H and O–H groups in total. The number of hydrogen-bond donors (Lipinski definition) is 1. The molecule has 2 nitrogen and oxygen atoms in total. The Balaban J connectivity index is 2.55. The van der Waals surface area contributed by atoms with Crippen molar-refractivity contribution in [2.75, 3.05) is 14.1 Å². The van der Waals surface area contributed by atoms with Gasteiger partial charge in [0.05, 0.1) is 6.10 Å². The molecule has 14 heavy (non-hydrogen) atoms. The SMILES string of the molecule is CC(CC(O)c1ccccc1)N(C)C. The van der Waals surface area contributed by atoms with Crippen LogP contribution in [0.1, 0.15) is 25.0 Å². The highest BCUT2D eigenvalue weighted by molar-refractivity contribution is 5.17. The van der Waals surface area contributed by atoms with Gasteiger partial charge in [-0.05, 0) is 33.0 Å². The first-order valence-corrected chi connectivity index (χ1v) is 5.00. The van der Waals surface area contributed by atoms with E-state index in [1.807, 2.05) is 44.4 Å². The summed E-state index contributed by atoms with van der Waals surface area (Å²) in [5.74, 6) is 0. The number of benzene rings is 1. The second kappa shape index (κ2) is 5.13. The maximum Gasteiger partial charge on any atom is 0.0804 e. The van der Waals surface area contributed by atoms with E-state index in [2.05, 4.69) is 11.8 Å². The Kier molecular flexibility index (Phi) is 4.11. The molecular formula is C12H19NO. The molecule has 78 valence electrons. The van der Waals surface area contributed by atoms with Gasteiger partial charge in [0.1, 0.15) is 0 Å². The summed E-state index contributed by atoms with van der Waals surface area (Å²) in [6.07, 6.45) is 0.422. The van der Waals surface area contributed by atoms with E-state index in [9.17, 15) is 5.11 Å². The van der Waals surface area contributed by atoms with Gasteiger partial charge in [0.25, 0.3) is 0 Å². The number of aliphatic hydroxyl groups excluding tert-OH is 1. The van der Waals surface area contributed by atoms with Crippen molar-refractivity contribution in [2.45, 2.75) is 25.5 Å². The summed E-state index contributed by atoms with van der Waals surface area (Å²) in [5, 5.41) is 9.91. The van der Waals surface area contributed by atoms with E-state index in [4.69, 9.17) is 0 Å². The lowest BCUT2D eigenvalue weighted by Gasteiger charge is -2.22. The zero-order valence-corrected chi connectivity index (χ0v) is 9.14. The van der Waals surface area contributed by atoms with Gasteiger partial charge < -0.3 is 10.0 Å². The molecule has 2 atom stereocenters. The minimum absolute atomic E-state index is 0.353. The van der Waals surface area contributed by atoms with Crippen LogP contribution in [0.3, 0.4) is 0 Å². The third kappa shape index (κ3) is 3.13. The Morgan fingerprint density at radius 1 is 1.21 bits per heavy atom. The summed E-state index contributed by atoms with van der Waals surface area (Å²) >= 11 is 0. The number of rotatable bonds is 4. The van der Waals surface area contributed by atoms with Crippen molar-refractivity contribution in [2.24, 2.45) is 0 Å². The minimum atomic E-state index is -0.353. The van der Waals surface area contributed by atoms with Crippen LogP contribution in [-0.2, 0) is 0 Å². The molecule has 2 heteroatoms. The molecule has 1 rings (SSSR count). The Morgan fingerprint density at radius 2 is 1.79 bits per heavy atom. The third-order valence-corrected chi connectivity index (χ3v) is 2.63. The lowest BCUT2D eigenvalue weighted by atomic mass is 10.0. The van der Waals surface area contributed by atoms with Crippen LogP contribution in [0.15, 0.2) is 30.3 Å². The molecule has 0 bridgehead atoms. The molecule has 2 unspecified atom stereocenters. The molecule has 0 fully saturated rings. The summed E-state index contributed by atoms with van der Waals surface area (Å²) < 4.78 is 0. The van der Waals surface area contributed by atoms with E-state index in [0.29, 0.717) is 6.04 Å². The monoisotopic (exact) mass is 193 g/mol. The van der Waals surface area contributed by atoms with Gasteiger partial charge in [0.2, 0.25) is 0 Å². The highest BCUT2D eigenvalue weighted by atomic mass is 16.3. The first-order chi connectivity index (χ1) is 6.61. The summed E-state index contributed by atoms with van der Waals surface area (Å²) in [7, 11) is 4.06. The van der Waals surface area contributed by atoms with Crippen molar-refractivity contribution in [3.8, 4) is 0 Å². The van der Waals surface area contributed by atoms with Gasteiger partial charge in [-0.15, -0.1) is 0 Å². The molecule has 0 aliphatic rings. The van der Waals surface area contributed by atoms with Crippen molar-refractivity contribution >= 4 is 0 Å². The van der Waals surface area contributed by atoms with Crippen LogP contribution in [-0.4, -0.2) is 30.1 Å². The highest BCUT2D eigenvalue weighted by Gasteiger charge is 2.12. The average Bonchev–Trinajstić information content (AvgIpc) is 2.19. The van der Waals surface area contributed by atoms with Gasteiger partial charge in [-0.2, -0.15) is 0 Å². The summed E-state index contributed by atoms with van der Waals surface area (Å²) in [6, 6.07) is 10.2. The molecule has 0 saturated carbocycles. The lowest BCUT2D eigenvalue weighted by Crippen LogP contribution is -2.26. The van der Waals surface area contributed by atoms with E-state index in [-0.39, 0.29) is 6.10 Å². The quantitative estimate of drug-likeness (QED) is 0.791. The first kappa shape index (κ1) is 11.2. The largest absolute Gasteiger partial charge is 0.388 e. The summed E-state index contributed by atoms with van der Waals surface area (Å²) in [5.41, 5.74) is 1.00. The van der Waals surface area contributed by atoms with Crippen LogP contribution in [0.4, 0.5) is 0 Å². The normalized spacial score (nSPS) is 15.5. The van der Waals surface area contributed by atoms with Gasteiger partial charge in [-0.1, -0.05) is 30.3 Å². The predicted octanol–water partition coefficient (Wildman–Crippen LogP) is 2.06.